The molecule has 18 heavy (non-hydrogen) atoms. The largest absolute Gasteiger partial charge is 0.476 e. The average molecular weight is 266 g/mol. The lowest BCUT2D eigenvalue weighted by atomic mass is 10.4. The number of carbonyl (C=O) groups excluding carboxylic acids is 1. The van der Waals surface area contributed by atoms with Crippen molar-refractivity contribution in [1.29, 1.82) is 0 Å². The van der Waals surface area contributed by atoms with E-state index in [1.54, 1.807) is 17.6 Å². The van der Waals surface area contributed by atoms with Gasteiger partial charge in [-0.3, -0.25) is 9.48 Å². The summed E-state index contributed by atoms with van der Waals surface area (Å²) < 4.78 is 1.53. The molecule has 0 radical (unpaired) electrons. The Labute approximate surface area is 106 Å². The van der Waals surface area contributed by atoms with Crippen LogP contribution in [0.2, 0.25) is 0 Å². The van der Waals surface area contributed by atoms with Gasteiger partial charge >= 0.3 is 5.97 Å². The zero-order valence-corrected chi connectivity index (χ0v) is 10.3. The molecule has 0 spiro atoms. The Morgan fingerprint density at radius 3 is 2.94 bits per heavy atom. The van der Waals surface area contributed by atoms with Gasteiger partial charge in [0, 0.05) is 18.6 Å². The summed E-state index contributed by atoms with van der Waals surface area (Å²) in [7, 11) is 1.53. The predicted octanol–water partition coefficient (Wildman–Crippen LogP) is 0.446. The molecule has 8 heteroatoms. The Morgan fingerprint density at radius 2 is 2.33 bits per heavy atom. The highest BCUT2D eigenvalue weighted by atomic mass is 32.1. The third-order valence-electron chi connectivity index (χ3n) is 2.16. The number of aromatic nitrogens is 3. The highest BCUT2D eigenvalue weighted by Crippen LogP contribution is 2.10. The van der Waals surface area contributed by atoms with Gasteiger partial charge in [0.1, 0.15) is 5.69 Å². The van der Waals surface area contributed by atoms with Gasteiger partial charge in [-0.2, -0.15) is 5.10 Å². The molecule has 0 unspecified atom stereocenters. The van der Waals surface area contributed by atoms with Crippen LogP contribution in [0, 0.1) is 0 Å². The van der Waals surface area contributed by atoms with E-state index in [1.165, 1.54) is 11.7 Å². The molecule has 0 aromatic carbocycles. The van der Waals surface area contributed by atoms with Crippen LogP contribution in [0.15, 0.2) is 17.6 Å². The molecule has 7 nitrogen and oxygen atoms in total. The van der Waals surface area contributed by atoms with E-state index in [0.717, 1.165) is 11.3 Å². The smallest absolute Gasteiger partial charge is 0.365 e. The summed E-state index contributed by atoms with van der Waals surface area (Å²) in [5.41, 5.74) is 0.912. The molecule has 0 aliphatic carbocycles. The summed E-state index contributed by atoms with van der Waals surface area (Å²) in [6.45, 7) is 0.334. The lowest BCUT2D eigenvalue weighted by Crippen LogP contribution is -2.18. The summed E-state index contributed by atoms with van der Waals surface area (Å²) in [4.78, 5) is 25.9. The van der Waals surface area contributed by atoms with Gasteiger partial charge in [-0.1, -0.05) is 0 Å². The van der Waals surface area contributed by atoms with Gasteiger partial charge in [0.25, 0.3) is 5.91 Å². The lowest BCUT2D eigenvalue weighted by molar-refractivity contribution is 0.0696. The van der Waals surface area contributed by atoms with Crippen LogP contribution >= 0.6 is 11.3 Å². The third kappa shape index (κ3) is 2.54. The molecule has 2 rings (SSSR count). The van der Waals surface area contributed by atoms with Crippen molar-refractivity contribution in [2.24, 2.45) is 0 Å². The molecule has 0 bridgehead atoms. The molecule has 0 fully saturated rings. The minimum absolute atomic E-state index is 0.0451. The fraction of sp³-hybridized carbons (Fsp3) is 0.200. The predicted molar refractivity (Wildman–Crippen MR) is 63.8 cm³/mol. The number of nitrogens with one attached hydrogen (secondary N) is 1. The second-order valence-corrected chi connectivity index (χ2v) is 4.28. The van der Waals surface area contributed by atoms with E-state index in [1.807, 2.05) is 0 Å². The molecule has 0 aliphatic heterocycles. The molecular formula is C10H10N4O3S. The fourth-order valence-corrected chi connectivity index (χ4v) is 1.99. The van der Waals surface area contributed by atoms with Gasteiger partial charge in [-0.15, -0.1) is 11.3 Å². The number of nitrogens with zero attached hydrogens (tertiary/aromatic N) is 3. The maximum absolute atomic E-state index is 11.3. The average Bonchev–Trinajstić information content (AvgIpc) is 2.98. The Hall–Kier alpha value is -2.22. The first-order valence-corrected chi connectivity index (χ1v) is 5.91. The van der Waals surface area contributed by atoms with Crippen molar-refractivity contribution in [3.63, 3.8) is 0 Å². The highest BCUT2D eigenvalue weighted by molar-refractivity contribution is 7.11. The molecule has 2 N–H and O–H groups in total. The summed E-state index contributed by atoms with van der Waals surface area (Å²) in [5, 5.41) is 17.0. The van der Waals surface area contributed by atoms with E-state index >= 15 is 0 Å². The first-order valence-electron chi connectivity index (χ1n) is 5.03. The van der Waals surface area contributed by atoms with E-state index in [0.29, 0.717) is 17.9 Å². The Balaban J connectivity index is 2.11. The van der Waals surface area contributed by atoms with Crippen LogP contribution in [0.3, 0.4) is 0 Å². The van der Waals surface area contributed by atoms with Crippen molar-refractivity contribution in [1.82, 2.24) is 20.1 Å². The summed E-state index contributed by atoms with van der Waals surface area (Å²) >= 11 is 1.06. The van der Waals surface area contributed by atoms with Gasteiger partial charge in [0.15, 0.2) is 0 Å². The first kappa shape index (κ1) is 12.2. The molecule has 2 heterocycles. The van der Waals surface area contributed by atoms with Crippen molar-refractivity contribution in [2.45, 2.75) is 6.54 Å². The van der Waals surface area contributed by atoms with E-state index in [-0.39, 0.29) is 10.9 Å². The van der Waals surface area contributed by atoms with Crippen LogP contribution in [0.1, 0.15) is 26.0 Å². The highest BCUT2D eigenvalue weighted by Gasteiger charge is 2.11. The van der Waals surface area contributed by atoms with Crippen LogP contribution in [-0.2, 0) is 6.54 Å². The van der Waals surface area contributed by atoms with Gasteiger partial charge in [-0.05, 0) is 6.07 Å². The summed E-state index contributed by atoms with van der Waals surface area (Å²) in [5.74, 6) is -1.31. The molecule has 0 saturated carbocycles. The standard InChI is InChI=1S/C10H10N4O3S/c1-11-8(15)7-2-3-14(13-7)4-6-5-18-9(12-6)10(16)17/h2-3,5H,4H2,1H3,(H,11,15)(H,16,17). The van der Waals surface area contributed by atoms with Crippen molar-refractivity contribution in [3.8, 4) is 0 Å². The Morgan fingerprint density at radius 1 is 1.56 bits per heavy atom. The number of carboxylic acid groups (broad SMARTS) is 1. The zero-order chi connectivity index (χ0) is 13.1. The van der Waals surface area contributed by atoms with Gasteiger partial charge in [0.05, 0.1) is 12.2 Å². The molecule has 1 amide bonds. The molecule has 2 aromatic rings. The van der Waals surface area contributed by atoms with Crippen LogP contribution in [0.25, 0.3) is 0 Å². The quantitative estimate of drug-likeness (QED) is 0.837. The number of carboxylic acids is 1. The molecule has 94 valence electrons. The molecule has 0 saturated heterocycles. The SMILES string of the molecule is CNC(=O)c1ccn(Cc2csc(C(=O)O)n2)n1. The molecule has 0 aliphatic rings. The number of hydrogen-bond donors (Lipinski definition) is 2. The first-order chi connectivity index (χ1) is 8.60. The second kappa shape index (κ2) is 4.96. The summed E-state index contributed by atoms with van der Waals surface area (Å²) in [6, 6.07) is 1.59. The van der Waals surface area contributed by atoms with E-state index in [9.17, 15) is 9.59 Å². The van der Waals surface area contributed by atoms with Crippen LogP contribution in [0.4, 0.5) is 0 Å². The number of carbonyl (C=O) groups is 2. The third-order valence-corrected chi connectivity index (χ3v) is 3.04. The van der Waals surface area contributed by atoms with Gasteiger partial charge < -0.3 is 10.4 Å². The molecular weight excluding hydrogens is 256 g/mol. The van der Waals surface area contributed by atoms with Crippen LogP contribution < -0.4 is 5.32 Å². The van der Waals surface area contributed by atoms with Crippen molar-refractivity contribution in [3.05, 3.63) is 34.0 Å². The zero-order valence-electron chi connectivity index (χ0n) is 9.45. The normalized spacial score (nSPS) is 10.3. The number of rotatable bonds is 4. The number of hydrogen-bond acceptors (Lipinski definition) is 5. The summed E-state index contributed by atoms with van der Waals surface area (Å²) in [6.07, 6.45) is 1.64. The fourth-order valence-electron chi connectivity index (χ4n) is 1.34. The number of amides is 1. The second-order valence-electron chi connectivity index (χ2n) is 3.43. The van der Waals surface area contributed by atoms with Crippen LogP contribution in [0.5, 0.6) is 0 Å². The topological polar surface area (TPSA) is 97.1 Å². The van der Waals surface area contributed by atoms with Crippen molar-refractivity contribution in [2.75, 3.05) is 7.05 Å². The van der Waals surface area contributed by atoms with E-state index < -0.39 is 5.97 Å². The molecule has 0 atom stereocenters. The maximum atomic E-state index is 11.3. The van der Waals surface area contributed by atoms with Crippen molar-refractivity contribution >= 4 is 23.2 Å². The molecule has 2 aromatic heterocycles. The lowest BCUT2D eigenvalue weighted by Gasteiger charge is -1.97. The maximum Gasteiger partial charge on any atom is 0.365 e. The van der Waals surface area contributed by atoms with Crippen LogP contribution in [-0.4, -0.2) is 38.8 Å². The van der Waals surface area contributed by atoms with Gasteiger partial charge in [0.2, 0.25) is 5.01 Å². The number of thiazole rings is 1. The Kier molecular flexibility index (Phi) is 3.38. The van der Waals surface area contributed by atoms with E-state index in [4.69, 9.17) is 5.11 Å². The van der Waals surface area contributed by atoms with Crippen molar-refractivity contribution < 1.29 is 14.7 Å². The minimum Gasteiger partial charge on any atom is -0.476 e. The monoisotopic (exact) mass is 266 g/mol. The minimum atomic E-state index is -1.04. The van der Waals surface area contributed by atoms with Gasteiger partial charge in [-0.25, -0.2) is 9.78 Å². The Bertz CT molecular complexity index is 589. The number of aromatic carboxylic acids is 1. The van der Waals surface area contributed by atoms with E-state index in [2.05, 4.69) is 15.4 Å².